The average molecular weight is 472 g/mol. The first-order chi connectivity index (χ1) is 17.4. The Morgan fingerprint density at radius 3 is 1.64 bits per heavy atom. The minimum absolute atomic E-state index is 0.00540. The molecule has 0 aliphatic heterocycles. The van der Waals surface area contributed by atoms with E-state index in [4.69, 9.17) is 5.73 Å². The van der Waals surface area contributed by atoms with Crippen molar-refractivity contribution < 1.29 is 24.0 Å². The van der Waals surface area contributed by atoms with Gasteiger partial charge in [-0.3, -0.25) is 24.0 Å². The van der Waals surface area contributed by atoms with Crippen molar-refractivity contribution in [1.29, 1.82) is 0 Å². The van der Waals surface area contributed by atoms with Crippen LogP contribution in [-0.2, 0) is 0 Å². The Labute approximate surface area is 204 Å². The maximum Gasteiger partial charge on any atom is 0.257 e. The van der Waals surface area contributed by atoms with E-state index >= 15 is 0 Å². The fourth-order valence-electron chi connectivity index (χ4n) is 4.79. The SMILES string of the molecule is Nc1c(C(=O)Nc2ccc3c(c2)C(=O)c2ccccc2C3=O)ccc2c1C(=O)c1ccccc1C2=O. The third kappa shape index (κ3) is 2.96. The van der Waals surface area contributed by atoms with Crippen molar-refractivity contribution >= 4 is 40.4 Å². The number of benzene rings is 4. The molecule has 0 unspecified atom stereocenters. The molecule has 2 aliphatic rings. The predicted octanol–water partition coefficient (Wildman–Crippen LogP) is 4.07. The number of anilines is 2. The largest absolute Gasteiger partial charge is 0.397 e. The maximum absolute atomic E-state index is 13.1. The molecule has 0 saturated carbocycles. The van der Waals surface area contributed by atoms with Gasteiger partial charge in [-0.2, -0.15) is 0 Å². The number of nitrogen functional groups attached to an aromatic ring is 1. The predicted molar refractivity (Wildman–Crippen MR) is 132 cm³/mol. The Balaban J connectivity index is 1.35. The number of ketones is 4. The Kier molecular flexibility index (Phi) is 4.56. The molecule has 6 rings (SSSR count). The van der Waals surface area contributed by atoms with E-state index in [1.54, 1.807) is 48.5 Å². The average Bonchev–Trinajstić information content (AvgIpc) is 2.90. The topological polar surface area (TPSA) is 123 Å². The zero-order valence-corrected chi connectivity index (χ0v) is 18.6. The summed E-state index contributed by atoms with van der Waals surface area (Å²) in [4.78, 5) is 64.9. The summed E-state index contributed by atoms with van der Waals surface area (Å²) in [5.41, 5.74) is 8.19. The third-order valence-electron chi connectivity index (χ3n) is 6.56. The van der Waals surface area contributed by atoms with Crippen LogP contribution in [0.4, 0.5) is 11.4 Å². The third-order valence-corrected chi connectivity index (χ3v) is 6.56. The van der Waals surface area contributed by atoms with Gasteiger partial charge in [-0.1, -0.05) is 48.5 Å². The normalized spacial score (nSPS) is 13.4. The van der Waals surface area contributed by atoms with Crippen LogP contribution in [0.1, 0.15) is 74.0 Å². The summed E-state index contributed by atoms with van der Waals surface area (Å²) in [5.74, 6) is -1.96. The van der Waals surface area contributed by atoms with E-state index < -0.39 is 11.7 Å². The van der Waals surface area contributed by atoms with E-state index in [0.29, 0.717) is 16.7 Å². The van der Waals surface area contributed by atoms with Crippen LogP contribution in [0.15, 0.2) is 78.9 Å². The lowest BCUT2D eigenvalue weighted by molar-refractivity contribution is 0.0978. The number of nitrogens with two attached hydrogens (primary N) is 1. The standard InChI is InChI=1S/C29H16N2O5/c30-24-21(12-11-20-23(24)28(35)18-8-4-3-7-17(18)26(20)33)29(36)31-14-9-10-19-22(13-14)27(34)16-6-2-1-5-15(16)25(19)32/h1-13H,30H2,(H,31,36). The lowest BCUT2D eigenvalue weighted by Gasteiger charge is -2.21. The minimum atomic E-state index is -0.621. The number of rotatable bonds is 2. The summed E-state index contributed by atoms with van der Waals surface area (Å²) in [6.07, 6.45) is 0. The van der Waals surface area contributed by atoms with Crippen molar-refractivity contribution in [3.05, 3.63) is 129 Å². The molecule has 7 nitrogen and oxygen atoms in total. The van der Waals surface area contributed by atoms with E-state index in [1.807, 2.05) is 0 Å². The summed E-state index contributed by atoms with van der Waals surface area (Å²) in [6.45, 7) is 0. The molecule has 0 heterocycles. The van der Waals surface area contributed by atoms with Gasteiger partial charge in [-0.15, -0.1) is 0 Å². The lowest BCUT2D eigenvalue weighted by Crippen LogP contribution is -2.25. The van der Waals surface area contributed by atoms with Crippen LogP contribution in [-0.4, -0.2) is 29.0 Å². The highest BCUT2D eigenvalue weighted by Crippen LogP contribution is 2.33. The number of carbonyl (C=O) groups excluding carboxylic acids is 5. The van der Waals surface area contributed by atoms with Crippen molar-refractivity contribution in [1.82, 2.24) is 0 Å². The molecule has 7 heteroatoms. The zero-order valence-electron chi connectivity index (χ0n) is 18.6. The van der Waals surface area contributed by atoms with Gasteiger partial charge < -0.3 is 11.1 Å². The fraction of sp³-hybridized carbons (Fsp3) is 0. The van der Waals surface area contributed by atoms with Crippen LogP contribution in [0.5, 0.6) is 0 Å². The quantitative estimate of drug-likeness (QED) is 0.366. The molecular weight excluding hydrogens is 456 g/mol. The van der Waals surface area contributed by atoms with Crippen LogP contribution in [0.2, 0.25) is 0 Å². The molecule has 0 spiro atoms. The molecule has 0 radical (unpaired) electrons. The molecule has 0 atom stereocenters. The Hall–Kier alpha value is -5.17. The molecule has 0 fully saturated rings. The fourth-order valence-corrected chi connectivity index (χ4v) is 4.79. The van der Waals surface area contributed by atoms with Crippen molar-refractivity contribution in [3.63, 3.8) is 0 Å². The number of hydrogen-bond acceptors (Lipinski definition) is 6. The van der Waals surface area contributed by atoms with Crippen molar-refractivity contribution in [2.45, 2.75) is 0 Å². The molecule has 36 heavy (non-hydrogen) atoms. The summed E-state index contributed by atoms with van der Waals surface area (Å²) in [7, 11) is 0. The van der Waals surface area contributed by atoms with E-state index in [9.17, 15) is 24.0 Å². The maximum atomic E-state index is 13.1. The van der Waals surface area contributed by atoms with Gasteiger partial charge in [0.2, 0.25) is 0 Å². The highest BCUT2D eigenvalue weighted by atomic mass is 16.2. The highest BCUT2D eigenvalue weighted by Gasteiger charge is 2.33. The second-order valence-corrected chi connectivity index (χ2v) is 8.57. The minimum Gasteiger partial charge on any atom is -0.397 e. The van der Waals surface area contributed by atoms with Crippen LogP contribution in [0.25, 0.3) is 0 Å². The second kappa shape index (κ2) is 7.68. The van der Waals surface area contributed by atoms with Crippen molar-refractivity contribution in [3.8, 4) is 0 Å². The number of hydrogen-bond donors (Lipinski definition) is 2. The van der Waals surface area contributed by atoms with Gasteiger partial charge in [0, 0.05) is 44.6 Å². The zero-order chi connectivity index (χ0) is 25.1. The van der Waals surface area contributed by atoms with E-state index in [2.05, 4.69) is 5.32 Å². The monoisotopic (exact) mass is 472 g/mol. The number of fused-ring (bicyclic) bond motifs is 4. The van der Waals surface area contributed by atoms with Crippen molar-refractivity contribution in [2.24, 2.45) is 0 Å². The van der Waals surface area contributed by atoms with Crippen LogP contribution >= 0.6 is 0 Å². The summed E-state index contributed by atoms with van der Waals surface area (Å²) >= 11 is 0. The van der Waals surface area contributed by atoms with Crippen LogP contribution in [0, 0.1) is 0 Å². The van der Waals surface area contributed by atoms with E-state index in [0.717, 1.165) is 0 Å². The van der Waals surface area contributed by atoms with Gasteiger partial charge >= 0.3 is 0 Å². The molecule has 0 aromatic heterocycles. The van der Waals surface area contributed by atoms with Gasteiger partial charge in [-0.25, -0.2) is 0 Å². The Morgan fingerprint density at radius 2 is 1.03 bits per heavy atom. The first kappa shape index (κ1) is 21.4. The Bertz CT molecular complexity index is 1720. The molecule has 4 aromatic carbocycles. The smallest absolute Gasteiger partial charge is 0.257 e. The van der Waals surface area contributed by atoms with Gasteiger partial charge in [0.1, 0.15) is 0 Å². The summed E-state index contributed by atoms with van der Waals surface area (Å²) in [6, 6.07) is 20.3. The summed E-state index contributed by atoms with van der Waals surface area (Å²) < 4.78 is 0. The number of amides is 1. The first-order valence-electron chi connectivity index (χ1n) is 11.1. The van der Waals surface area contributed by atoms with Gasteiger partial charge in [0.15, 0.2) is 23.1 Å². The van der Waals surface area contributed by atoms with Gasteiger partial charge in [0.25, 0.3) is 5.91 Å². The van der Waals surface area contributed by atoms with Gasteiger partial charge in [-0.05, 0) is 30.3 Å². The summed E-state index contributed by atoms with van der Waals surface area (Å²) in [5, 5.41) is 2.68. The molecular formula is C29H16N2O5. The molecule has 4 aromatic rings. The number of nitrogens with one attached hydrogen (secondary N) is 1. The molecule has 0 bridgehead atoms. The molecule has 3 N–H and O–H groups in total. The Morgan fingerprint density at radius 1 is 0.556 bits per heavy atom. The molecule has 172 valence electrons. The second-order valence-electron chi connectivity index (χ2n) is 8.57. The van der Waals surface area contributed by atoms with E-state index in [1.165, 1.54) is 30.3 Å². The molecule has 2 aliphatic carbocycles. The van der Waals surface area contributed by atoms with Crippen LogP contribution < -0.4 is 11.1 Å². The number of carbonyl (C=O) groups is 5. The van der Waals surface area contributed by atoms with Crippen molar-refractivity contribution in [2.75, 3.05) is 11.1 Å². The van der Waals surface area contributed by atoms with Crippen LogP contribution in [0.3, 0.4) is 0 Å². The molecule has 1 amide bonds. The highest BCUT2D eigenvalue weighted by molar-refractivity contribution is 6.31. The lowest BCUT2D eigenvalue weighted by atomic mass is 9.82. The molecule has 0 saturated heterocycles. The first-order valence-corrected chi connectivity index (χ1v) is 11.1. The van der Waals surface area contributed by atoms with E-state index in [-0.39, 0.29) is 62.1 Å². The van der Waals surface area contributed by atoms with Gasteiger partial charge in [0.05, 0.1) is 16.8 Å².